The van der Waals surface area contributed by atoms with Crippen molar-refractivity contribution in [2.75, 3.05) is 44.6 Å². The van der Waals surface area contributed by atoms with E-state index < -0.39 is 23.9 Å². The molecule has 0 bridgehead atoms. The highest BCUT2D eigenvalue weighted by Crippen LogP contribution is 2.25. The number of carbonyl (C=O) groups excluding carboxylic acids is 1. The molecular weight excluding hydrogens is 378 g/mol. The third-order valence-corrected chi connectivity index (χ3v) is 4.45. The lowest BCUT2D eigenvalue weighted by Crippen LogP contribution is -2.56. The van der Waals surface area contributed by atoms with Crippen LogP contribution in [0.5, 0.6) is 0 Å². The van der Waals surface area contributed by atoms with Gasteiger partial charge in [0.1, 0.15) is 18.4 Å². The van der Waals surface area contributed by atoms with Gasteiger partial charge >= 0.3 is 6.18 Å². The second-order valence-corrected chi connectivity index (χ2v) is 6.47. The number of carbonyl (C=O) groups is 1. The standard InChI is InChI=1S/C18H25F4N5O/c1-3-23-17(24-12-16(28)25-15-6-4-5-14(19)11-15)27-9-7-26(8-10-27)13(2)18(20,21)22/h4-6,11,13H,3,7-10,12H2,1-2H3,(H,23,24)(H,25,28). The number of aliphatic imine (C=N–C) groups is 1. The Balaban J connectivity index is 1.92. The molecule has 1 unspecified atom stereocenters. The Labute approximate surface area is 161 Å². The van der Waals surface area contributed by atoms with E-state index in [1.807, 2.05) is 11.8 Å². The predicted molar refractivity (Wildman–Crippen MR) is 99.7 cm³/mol. The number of hydrogen-bond acceptors (Lipinski definition) is 3. The number of hydrogen-bond donors (Lipinski definition) is 2. The van der Waals surface area contributed by atoms with Crippen LogP contribution in [0.3, 0.4) is 0 Å². The molecule has 1 fully saturated rings. The van der Waals surface area contributed by atoms with Crippen molar-refractivity contribution in [1.29, 1.82) is 0 Å². The number of nitrogens with zero attached hydrogens (tertiary/aromatic N) is 3. The van der Waals surface area contributed by atoms with E-state index in [9.17, 15) is 22.4 Å². The summed E-state index contributed by atoms with van der Waals surface area (Å²) in [6.45, 7) is 4.65. The van der Waals surface area contributed by atoms with Crippen LogP contribution in [0, 0.1) is 5.82 Å². The maximum atomic E-state index is 13.2. The average molecular weight is 403 g/mol. The molecule has 10 heteroatoms. The summed E-state index contributed by atoms with van der Waals surface area (Å²) in [7, 11) is 0. The van der Waals surface area contributed by atoms with E-state index in [1.54, 1.807) is 6.07 Å². The van der Waals surface area contributed by atoms with Gasteiger partial charge in [-0.05, 0) is 32.0 Å². The van der Waals surface area contributed by atoms with E-state index in [0.717, 1.165) is 6.92 Å². The third kappa shape index (κ3) is 6.36. The lowest BCUT2D eigenvalue weighted by Gasteiger charge is -2.39. The van der Waals surface area contributed by atoms with Crippen LogP contribution < -0.4 is 10.6 Å². The first-order valence-corrected chi connectivity index (χ1v) is 9.10. The number of piperazine rings is 1. The third-order valence-electron chi connectivity index (χ3n) is 4.45. The molecule has 2 N–H and O–H groups in total. The molecule has 1 saturated heterocycles. The summed E-state index contributed by atoms with van der Waals surface area (Å²) < 4.78 is 51.8. The maximum absolute atomic E-state index is 13.2. The molecule has 0 radical (unpaired) electrons. The molecule has 1 atom stereocenters. The summed E-state index contributed by atoms with van der Waals surface area (Å²) in [6, 6.07) is 4.03. The molecule has 2 rings (SSSR count). The maximum Gasteiger partial charge on any atom is 0.403 e. The van der Waals surface area contributed by atoms with Gasteiger partial charge in [-0.1, -0.05) is 6.07 Å². The number of rotatable bonds is 5. The smallest absolute Gasteiger partial charge is 0.357 e. The number of anilines is 1. The van der Waals surface area contributed by atoms with Gasteiger partial charge in [-0.15, -0.1) is 0 Å². The van der Waals surface area contributed by atoms with Crippen molar-refractivity contribution in [3.63, 3.8) is 0 Å². The number of guanidine groups is 1. The molecule has 28 heavy (non-hydrogen) atoms. The van der Waals surface area contributed by atoms with Crippen LogP contribution in [0.25, 0.3) is 0 Å². The predicted octanol–water partition coefficient (Wildman–Crippen LogP) is 2.30. The van der Waals surface area contributed by atoms with Crippen molar-refractivity contribution in [2.45, 2.75) is 26.1 Å². The molecule has 1 aromatic rings. The quantitative estimate of drug-likeness (QED) is 0.450. The first-order valence-electron chi connectivity index (χ1n) is 9.10. The van der Waals surface area contributed by atoms with Gasteiger partial charge in [0.25, 0.3) is 0 Å². The van der Waals surface area contributed by atoms with Crippen LogP contribution in [-0.4, -0.2) is 73.2 Å². The summed E-state index contributed by atoms with van der Waals surface area (Å²) >= 11 is 0. The van der Waals surface area contributed by atoms with Crippen LogP contribution in [0.2, 0.25) is 0 Å². The van der Waals surface area contributed by atoms with Gasteiger partial charge in [0.15, 0.2) is 5.96 Å². The normalized spacial score (nSPS) is 17.4. The van der Waals surface area contributed by atoms with Crippen molar-refractivity contribution >= 4 is 17.6 Å². The Morgan fingerprint density at radius 3 is 2.50 bits per heavy atom. The zero-order valence-electron chi connectivity index (χ0n) is 15.9. The first kappa shape index (κ1) is 21.9. The summed E-state index contributed by atoms with van der Waals surface area (Å²) in [5, 5.41) is 5.61. The molecule has 6 nitrogen and oxygen atoms in total. The molecule has 1 aliphatic heterocycles. The molecule has 0 aromatic heterocycles. The summed E-state index contributed by atoms with van der Waals surface area (Å²) in [5.74, 6) is -0.401. The van der Waals surface area contributed by atoms with E-state index in [1.165, 1.54) is 23.1 Å². The SMILES string of the molecule is CCNC(=NCC(=O)Nc1cccc(F)c1)N1CCN(C(C)C(F)(F)F)CC1. The van der Waals surface area contributed by atoms with Crippen molar-refractivity contribution in [1.82, 2.24) is 15.1 Å². The Morgan fingerprint density at radius 1 is 1.25 bits per heavy atom. The second kappa shape index (κ2) is 9.72. The van der Waals surface area contributed by atoms with Gasteiger partial charge < -0.3 is 15.5 Å². The van der Waals surface area contributed by atoms with Crippen LogP contribution in [0.4, 0.5) is 23.2 Å². The van der Waals surface area contributed by atoms with E-state index >= 15 is 0 Å². The molecule has 0 saturated carbocycles. The lowest BCUT2D eigenvalue weighted by atomic mass is 10.2. The van der Waals surface area contributed by atoms with Gasteiger partial charge in [-0.2, -0.15) is 13.2 Å². The van der Waals surface area contributed by atoms with Gasteiger partial charge in [-0.3, -0.25) is 9.69 Å². The minimum absolute atomic E-state index is 0.183. The molecule has 0 spiro atoms. The lowest BCUT2D eigenvalue weighted by molar-refractivity contribution is -0.181. The number of halogens is 4. The minimum Gasteiger partial charge on any atom is -0.357 e. The van der Waals surface area contributed by atoms with Crippen molar-refractivity contribution in [3.8, 4) is 0 Å². The Hall–Kier alpha value is -2.36. The summed E-state index contributed by atoms with van der Waals surface area (Å²) in [6.07, 6.45) is -4.25. The molecule has 1 amide bonds. The second-order valence-electron chi connectivity index (χ2n) is 6.47. The van der Waals surface area contributed by atoms with Crippen LogP contribution in [0.15, 0.2) is 29.3 Å². The zero-order chi connectivity index (χ0) is 20.7. The van der Waals surface area contributed by atoms with Gasteiger partial charge in [-0.25, -0.2) is 9.38 Å². The highest BCUT2D eigenvalue weighted by molar-refractivity contribution is 5.94. The number of amides is 1. The number of alkyl halides is 3. The van der Waals surface area contributed by atoms with Crippen LogP contribution in [-0.2, 0) is 4.79 Å². The van der Waals surface area contributed by atoms with Gasteiger partial charge in [0, 0.05) is 38.4 Å². The Kier molecular flexibility index (Phi) is 7.61. The molecule has 0 aliphatic carbocycles. The van der Waals surface area contributed by atoms with Gasteiger partial charge in [0.05, 0.1) is 0 Å². The van der Waals surface area contributed by atoms with E-state index in [-0.39, 0.29) is 19.6 Å². The largest absolute Gasteiger partial charge is 0.403 e. The number of benzene rings is 1. The van der Waals surface area contributed by atoms with E-state index in [4.69, 9.17) is 0 Å². The minimum atomic E-state index is -4.25. The van der Waals surface area contributed by atoms with Crippen molar-refractivity contribution in [2.24, 2.45) is 4.99 Å². The molecule has 156 valence electrons. The number of nitrogens with one attached hydrogen (secondary N) is 2. The van der Waals surface area contributed by atoms with Crippen LogP contribution in [0.1, 0.15) is 13.8 Å². The molecule has 1 heterocycles. The highest BCUT2D eigenvalue weighted by Gasteiger charge is 2.41. The van der Waals surface area contributed by atoms with E-state index in [0.29, 0.717) is 31.3 Å². The fourth-order valence-electron chi connectivity index (χ4n) is 2.87. The molecular formula is C18H25F4N5O. The topological polar surface area (TPSA) is 60.0 Å². The van der Waals surface area contributed by atoms with Crippen LogP contribution >= 0.6 is 0 Å². The molecule has 1 aliphatic rings. The summed E-state index contributed by atoms with van der Waals surface area (Å²) in [4.78, 5) is 19.5. The van der Waals surface area contributed by atoms with Crippen molar-refractivity contribution in [3.05, 3.63) is 30.1 Å². The highest BCUT2D eigenvalue weighted by atomic mass is 19.4. The molecule has 1 aromatic carbocycles. The fourth-order valence-corrected chi connectivity index (χ4v) is 2.87. The van der Waals surface area contributed by atoms with E-state index in [2.05, 4.69) is 15.6 Å². The monoisotopic (exact) mass is 403 g/mol. The first-order chi connectivity index (χ1) is 13.2. The average Bonchev–Trinajstić information content (AvgIpc) is 2.64. The van der Waals surface area contributed by atoms with Crippen molar-refractivity contribution < 1.29 is 22.4 Å². The van der Waals surface area contributed by atoms with Gasteiger partial charge in [0.2, 0.25) is 5.91 Å². The summed E-state index contributed by atoms with van der Waals surface area (Å²) in [5.41, 5.74) is 0.333. The Bertz CT molecular complexity index is 687. The Morgan fingerprint density at radius 2 is 1.93 bits per heavy atom. The fraction of sp³-hybridized carbons (Fsp3) is 0.556. The zero-order valence-corrected chi connectivity index (χ0v) is 15.9.